The summed E-state index contributed by atoms with van der Waals surface area (Å²) in [4.78, 5) is 11.1. The van der Waals surface area contributed by atoms with Crippen LogP contribution in [0.2, 0.25) is 0 Å². The molecule has 0 N–H and O–H groups in total. The number of ether oxygens (including phenoxy) is 1. The molecule has 15 heavy (non-hydrogen) atoms. The highest BCUT2D eigenvalue weighted by atomic mass is 16.6. The number of carbonyl (C=O) groups is 1. The molecule has 0 heterocycles. The number of hydrogen-bond donors (Lipinski definition) is 0. The van der Waals surface area contributed by atoms with Crippen molar-refractivity contribution >= 4 is 5.97 Å². The summed E-state index contributed by atoms with van der Waals surface area (Å²) in [6.07, 6.45) is 10.4. The van der Waals surface area contributed by atoms with E-state index >= 15 is 0 Å². The maximum atomic E-state index is 11.1. The lowest BCUT2D eigenvalue weighted by atomic mass is 10.0. The molecular weight excluding hydrogens is 188 g/mol. The van der Waals surface area contributed by atoms with Crippen molar-refractivity contribution in [1.82, 2.24) is 0 Å². The Bertz CT molecular complexity index is 237. The SMILES string of the molecule is C/C=C/C/C=C/CC(C)(C)OC(=O)CC. The average molecular weight is 210 g/mol. The van der Waals surface area contributed by atoms with Gasteiger partial charge in [0, 0.05) is 12.8 Å². The first-order valence-electron chi connectivity index (χ1n) is 5.50. The third-order valence-corrected chi connectivity index (χ3v) is 1.96. The fourth-order valence-corrected chi connectivity index (χ4v) is 1.10. The molecule has 0 radical (unpaired) electrons. The summed E-state index contributed by atoms with van der Waals surface area (Å²) in [5, 5.41) is 0. The summed E-state index contributed by atoms with van der Waals surface area (Å²) in [6, 6.07) is 0. The van der Waals surface area contributed by atoms with Gasteiger partial charge < -0.3 is 4.74 Å². The fourth-order valence-electron chi connectivity index (χ4n) is 1.10. The van der Waals surface area contributed by atoms with Crippen LogP contribution in [0, 0.1) is 0 Å². The van der Waals surface area contributed by atoms with Gasteiger partial charge in [0.25, 0.3) is 0 Å². The summed E-state index contributed by atoms with van der Waals surface area (Å²) >= 11 is 0. The van der Waals surface area contributed by atoms with Gasteiger partial charge >= 0.3 is 5.97 Å². The van der Waals surface area contributed by atoms with Gasteiger partial charge in [-0.05, 0) is 27.2 Å². The average Bonchev–Trinajstić information content (AvgIpc) is 2.16. The van der Waals surface area contributed by atoms with Gasteiger partial charge in [-0.1, -0.05) is 31.2 Å². The highest BCUT2D eigenvalue weighted by Gasteiger charge is 2.19. The Kier molecular flexibility index (Phi) is 6.76. The summed E-state index contributed by atoms with van der Waals surface area (Å²) in [7, 11) is 0. The normalized spacial score (nSPS) is 12.5. The molecule has 0 saturated carbocycles. The Morgan fingerprint density at radius 3 is 2.47 bits per heavy atom. The lowest BCUT2D eigenvalue weighted by Crippen LogP contribution is -2.26. The van der Waals surface area contributed by atoms with Gasteiger partial charge in [-0.25, -0.2) is 0 Å². The van der Waals surface area contributed by atoms with Crippen molar-refractivity contribution in [1.29, 1.82) is 0 Å². The summed E-state index contributed by atoms with van der Waals surface area (Å²) < 4.78 is 5.29. The Hall–Kier alpha value is -1.05. The number of rotatable bonds is 6. The first-order valence-corrected chi connectivity index (χ1v) is 5.50. The minimum absolute atomic E-state index is 0.137. The Morgan fingerprint density at radius 2 is 1.93 bits per heavy atom. The van der Waals surface area contributed by atoms with Crippen molar-refractivity contribution in [2.24, 2.45) is 0 Å². The molecule has 0 spiro atoms. The molecule has 0 saturated heterocycles. The molecule has 0 fully saturated rings. The van der Waals surface area contributed by atoms with Crippen LogP contribution in [-0.4, -0.2) is 11.6 Å². The maximum Gasteiger partial charge on any atom is 0.306 e. The van der Waals surface area contributed by atoms with Gasteiger partial charge in [0.1, 0.15) is 5.60 Å². The lowest BCUT2D eigenvalue weighted by Gasteiger charge is -2.23. The Balaban J connectivity index is 3.92. The van der Waals surface area contributed by atoms with Crippen LogP contribution in [0.5, 0.6) is 0 Å². The monoisotopic (exact) mass is 210 g/mol. The molecule has 0 aromatic heterocycles. The molecule has 0 amide bonds. The van der Waals surface area contributed by atoms with Crippen LogP contribution in [0.4, 0.5) is 0 Å². The van der Waals surface area contributed by atoms with Crippen LogP contribution >= 0.6 is 0 Å². The molecule has 2 heteroatoms. The molecule has 0 unspecified atom stereocenters. The van der Waals surface area contributed by atoms with Gasteiger partial charge in [0.05, 0.1) is 0 Å². The molecule has 0 aromatic carbocycles. The minimum atomic E-state index is -0.389. The minimum Gasteiger partial charge on any atom is -0.459 e. The third kappa shape index (κ3) is 7.98. The summed E-state index contributed by atoms with van der Waals surface area (Å²) in [5.74, 6) is -0.137. The van der Waals surface area contributed by atoms with Crippen molar-refractivity contribution in [3.05, 3.63) is 24.3 Å². The fraction of sp³-hybridized carbons (Fsp3) is 0.615. The zero-order valence-electron chi connectivity index (χ0n) is 10.2. The standard InChI is InChI=1S/C13H22O2/c1-5-7-8-9-10-11-13(3,4)15-12(14)6-2/h5,7,9-10H,6,8,11H2,1-4H3/b7-5+,10-9+. The predicted molar refractivity (Wildman–Crippen MR) is 63.7 cm³/mol. The van der Waals surface area contributed by atoms with Crippen LogP contribution in [0.3, 0.4) is 0 Å². The third-order valence-electron chi connectivity index (χ3n) is 1.96. The van der Waals surface area contributed by atoms with Gasteiger partial charge in [-0.3, -0.25) is 4.79 Å². The van der Waals surface area contributed by atoms with E-state index in [-0.39, 0.29) is 11.6 Å². The molecule has 0 aliphatic heterocycles. The van der Waals surface area contributed by atoms with E-state index in [9.17, 15) is 4.79 Å². The molecular formula is C13H22O2. The number of carbonyl (C=O) groups excluding carboxylic acids is 1. The zero-order valence-corrected chi connectivity index (χ0v) is 10.2. The zero-order chi connectivity index (χ0) is 11.7. The molecule has 0 aromatic rings. The molecule has 0 aliphatic carbocycles. The molecule has 0 bridgehead atoms. The highest BCUT2D eigenvalue weighted by Crippen LogP contribution is 2.16. The quantitative estimate of drug-likeness (QED) is 0.494. The first-order chi connectivity index (χ1) is 7.02. The number of hydrogen-bond acceptors (Lipinski definition) is 2. The molecule has 0 rings (SSSR count). The van der Waals surface area contributed by atoms with Crippen LogP contribution in [-0.2, 0) is 9.53 Å². The van der Waals surface area contributed by atoms with Gasteiger partial charge in [0.2, 0.25) is 0 Å². The second-order valence-corrected chi connectivity index (χ2v) is 4.07. The maximum absolute atomic E-state index is 11.1. The van der Waals surface area contributed by atoms with Crippen molar-refractivity contribution < 1.29 is 9.53 Å². The topological polar surface area (TPSA) is 26.3 Å². The van der Waals surface area contributed by atoms with Crippen molar-refractivity contribution in [2.75, 3.05) is 0 Å². The second-order valence-electron chi connectivity index (χ2n) is 4.07. The Labute approximate surface area is 93.0 Å². The van der Waals surface area contributed by atoms with Crippen molar-refractivity contribution in [3.8, 4) is 0 Å². The molecule has 2 nitrogen and oxygen atoms in total. The van der Waals surface area contributed by atoms with Crippen LogP contribution in [0.1, 0.15) is 47.0 Å². The van der Waals surface area contributed by atoms with E-state index < -0.39 is 0 Å². The van der Waals surface area contributed by atoms with E-state index in [1.165, 1.54) is 0 Å². The summed E-state index contributed by atoms with van der Waals surface area (Å²) in [6.45, 7) is 7.67. The van der Waals surface area contributed by atoms with E-state index in [1.54, 1.807) is 6.92 Å². The number of esters is 1. The van der Waals surface area contributed by atoms with Gasteiger partial charge in [-0.15, -0.1) is 0 Å². The van der Waals surface area contributed by atoms with E-state index in [0.717, 1.165) is 12.8 Å². The lowest BCUT2D eigenvalue weighted by molar-refractivity contribution is -0.155. The molecule has 0 atom stereocenters. The van der Waals surface area contributed by atoms with Crippen LogP contribution < -0.4 is 0 Å². The van der Waals surface area contributed by atoms with Crippen molar-refractivity contribution in [3.63, 3.8) is 0 Å². The van der Waals surface area contributed by atoms with E-state index in [0.29, 0.717) is 6.42 Å². The van der Waals surface area contributed by atoms with E-state index in [1.807, 2.05) is 26.8 Å². The predicted octanol–water partition coefficient (Wildman–Crippen LogP) is 3.63. The largest absolute Gasteiger partial charge is 0.459 e. The van der Waals surface area contributed by atoms with Gasteiger partial charge in [0.15, 0.2) is 0 Å². The Morgan fingerprint density at radius 1 is 1.27 bits per heavy atom. The van der Waals surface area contributed by atoms with E-state index in [4.69, 9.17) is 4.74 Å². The molecule has 86 valence electrons. The smallest absolute Gasteiger partial charge is 0.306 e. The van der Waals surface area contributed by atoms with Gasteiger partial charge in [-0.2, -0.15) is 0 Å². The summed E-state index contributed by atoms with van der Waals surface area (Å²) in [5.41, 5.74) is -0.389. The number of allylic oxidation sites excluding steroid dienone is 3. The van der Waals surface area contributed by atoms with Crippen LogP contribution in [0.15, 0.2) is 24.3 Å². The van der Waals surface area contributed by atoms with Crippen molar-refractivity contribution in [2.45, 2.75) is 52.6 Å². The molecule has 0 aliphatic rings. The highest BCUT2D eigenvalue weighted by molar-refractivity contribution is 5.69. The second kappa shape index (κ2) is 7.27. The van der Waals surface area contributed by atoms with Crippen LogP contribution in [0.25, 0.3) is 0 Å². The first kappa shape index (κ1) is 13.9. The van der Waals surface area contributed by atoms with E-state index in [2.05, 4.69) is 18.2 Å².